The molecule has 0 unspecified atom stereocenters. The van der Waals surface area contributed by atoms with Gasteiger partial charge in [-0.1, -0.05) is 19.1 Å². The van der Waals surface area contributed by atoms with Crippen LogP contribution in [-0.2, 0) is 6.42 Å². The van der Waals surface area contributed by atoms with Crippen LogP contribution in [0.3, 0.4) is 0 Å². The second-order valence-corrected chi connectivity index (χ2v) is 6.16. The molecule has 1 aromatic heterocycles. The number of thiophene rings is 1. The monoisotopic (exact) mass is 333 g/mol. The third-order valence-electron chi connectivity index (χ3n) is 3.39. The number of carbonyl (C=O) groups excluding carboxylic acids is 1. The molecule has 1 aromatic carbocycles. The average Bonchev–Trinajstić information content (AvgIpc) is 2.92. The van der Waals surface area contributed by atoms with Crippen molar-refractivity contribution in [1.82, 2.24) is 5.32 Å². The number of nitro benzene ring substituents is 1. The molecule has 6 nitrogen and oxygen atoms in total. The predicted molar refractivity (Wildman–Crippen MR) is 92.4 cm³/mol. The third-order valence-corrected chi connectivity index (χ3v) is 4.77. The van der Waals surface area contributed by atoms with Crippen LogP contribution in [0.4, 0.5) is 11.4 Å². The van der Waals surface area contributed by atoms with Crippen molar-refractivity contribution in [2.24, 2.45) is 0 Å². The Morgan fingerprint density at radius 2 is 2.04 bits per heavy atom. The molecule has 2 aromatic rings. The smallest absolute Gasteiger partial charge is 0.292 e. The maximum Gasteiger partial charge on any atom is 0.292 e. The van der Waals surface area contributed by atoms with Crippen LogP contribution in [0.25, 0.3) is 0 Å². The maximum absolute atomic E-state index is 12.1. The van der Waals surface area contributed by atoms with Gasteiger partial charge >= 0.3 is 0 Å². The SMILES string of the molecule is CCc1sc(C(=O)NCCNc2ccccc2[N+](=O)[O-])cc1C. The van der Waals surface area contributed by atoms with Crippen molar-refractivity contribution >= 4 is 28.6 Å². The molecule has 23 heavy (non-hydrogen) atoms. The number of para-hydroxylation sites is 2. The zero-order valence-corrected chi connectivity index (χ0v) is 13.9. The molecule has 0 aliphatic heterocycles. The number of nitro groups is 1. The summed E-state index contributed by atoms with van der Waals surface area (Å²) >= 11 is 1.51. The highest BCUT2D eigenvalue weighted by molar-refractivity contribution is 7.14. The van der Waals surface area contributed by atoms with Gasteiger partial charge in [-0.2, -0.15) is 0 Å². The summed E-state index contributed by atoms with van der Waals surface area (Å²) in [7, 11) is 0. The standard InChI is InChI=1S/C16H19N3O3S/c1-3-14-11(2)10-15(23-14)16(20)18-9-8-17-12-6-4-5-7-13(12)19(21)22/h4-7,10,17H,3,8-9H2,1-2H3,(H,18,20). The molecule has 0 saturated carbocycles. The summed E-state index contributed by atoms with van der Waals surface area (Å²) in [4.78, 5) is 24.5. The van der Waals surface area contributed by atoms with Crippen LogP contribution in [0.2, 0.25) is 0 Å². The van der Waals surface area contributed by atoms with Gasteiger partial charge in [-0.25, -0.2) is 0 Å². The van der Waals surface area contributed by atoms with Crippen molar-refractivity contribution in [3.63, 3.8) is 0 Å². The molecular weight excluding hydrogens is 314 g/mol. The topological polar surface area (TPSA) is 84.3 Å². The van der Waals surface area contributed by atoms with Crippen LogP contribution in [0, 0.1) is 17.0 Å². The summed E-state index contributed by atoms with van der Waals surface area (Å²) in [6.07, 6.45) is 0.920. The summed E-state index contributed by atoms with van der Waals surface area (Å²) in [6.45, 7) is 4.88. The zero-order valence-electron chi connectivity index (χ0n) is 13.1. The highest BCUT2D eigenvalue weighted by Gasteiger charge is 2.13. The molecule has 1 amide bonds. The van der Waals surface area contributed by atoms with Crippen molar-refractivity contribution < 1.29 is 9.72 Å². The van der Waals surface area contributed by atoms with E-state index < -0.39 is 4.92 Å². The second-order valence-electron chi connectivity index (χ2n) is 5.03. The van der Waals surface area contributed by atoms with Crippen molar-refractivity contribution in [1.29, 1.82) is 0 Å². The van der Waals surface area contributed by atoms with Crippen LogP contribution in [0.15, 0.2) is 30.3 Å². The highest BCUT2D eigenvalue weighted by Crippen LogP contribution is 2.23. The second kappa shape index (κ2) is 7.73. The van der Waals surface area contributed by atoms with E-state index in [0.717, 1.165) is 12.0 Å². The van der Waals surface area contributed by atoms with Crippen LogP contribution in [0.5, 0.6) is 0 Å². The van der Waals surface area contributed by atoms with E-state index in [1.54, 1.807) is 18.2 Å². The molecule has 0 spiro atoms. The minimum absolute atomic E-state index is 0.0281. The molecular formula is C16H19N3O3S. The Labute approximate surface area is 138 Å². The van der Waals surface area contributed by atoms with E-state index in [-0.39, 0.29) is 11.6 Å². The Balaban J connectivity index is 1.85. The van der Waals surface area contributed by atoms with Gasteiger partial charge in [0.25, 0.3) is 11.6 Å². The van der Waals surface area contributed by atoms with E-state index in [2.05, 4.69) is 17.6 Å². The summed E-state index contributed by atoms with van der Waals surface area (Å²) in [6, 6.07) is 8.34. The Hall–Kier alpha value is -2.41. The van der Waals surface area contributed by atoms with Gasteiger partial charge in [0.15, 0.2) is 0 Å². The van der Waals surface area contributed by atoms with Crippen LogP contribution < -0.4 is 10.6 Å². The number of anilines is 1. The number of carbonyl (C=O) groups is 1. The first-order chi connectivity index (χ1) is 11.0. The molecule has 2 N–H and O–H groups in total. The Bertz CT molecular complexity index is 712. The van der Waals surface area contributed by atoms with E-state index in [0.29, 0.717) is 23.7 Å². The lowest BCUT2D eigenvalue weighted by atomic mass is 10.2. The molecule has 0 aliphatic rings. The number of amides is 1. The number of hydrogen-bond donors (Lipinski definition) is 2. The number of nitrogens with zero attached hydrogens (tertiary/aromatic N) is 1. The van der Waals surface area contributed by atoms with Gasteiger partial charge in [-0.3, -0.25) is 14.9 Å². The lowest BCUT2D eigenvalue weighted by Gasteiger charge is -2.07. The molecule has 7 heteroatoms. The van der Waals surface area contributed by atoms with E-state index in [9.17, 15) is 14.9 Å². The summed E-state index contributed by atoms with van der Waals surface area (Å²) in [5.74, 6) is -0.109. The van der Waals surface area contributed by atoms with Gasteiger partial charge in [0.1, 0.15) is 5.69 Å². The first kappa shape index (κ1) is 17.0. The van der Waals surface area contributed by atoms with E-state index in [1.165, 1.54) is 22.3 Å². The van der Waals surface area contributed by atoms with Crippen molar-refractivity contribution in [2.45, 2.75) is 20.3 Å². The maximum atomic E-state index is 12.1. The van der Waals surface area contributed by atoms with Gasteiger partial charge in [-0.15, -0.1) is 11.3 Å². The van der Waals surface area contributed by atoms with Gasteiger partial charge < -0.3 is 10.6 Å². The molecule has 0 saturated heterocycles. The quantitative estimate of drug-likeness (QED) is 0.462. The van der Waals surface area contributed by atoms with E-state index in [1.807, 2.05) is 13.0 Å². The van der Waals surface area contributed by atoms with Crippen molar-refractivity contribution in [3.8, 4) is 0 Å². The normalized spacial score (nSPS) is 10.3. The third kappa shape index (κ3) is 4.29. The summed E-state index contributed by atoms with van der Waals surface area (Å²) < 4.78 is 0. The Morgan fingerprint density at radius 1 is 1.30 bits per heavy atom. The lowest BCUT2D eigenvalue weighted by molar-refractivity contribution is -0.384. The first-order valence-corrected chi connectivity index (χ1v) is 8.19. The largest absolute Gasteiger partial charge is 0.378 e. The van der Waals surface area contributed by atoms with Gasteiger partial charge in [0, 0.05) is 24.0 Å². The molecule has 122 valence electrons. The Morgan fingerprint density at radius 3 is 2.70 bits per heavy atom. The predicted octanol–water partition coefficient (Wildman–Crippen LogP) is 3.37. The van der Waals surface area contributed by atoms with Crippen LogP contribution in [-0.4, -0.2) is 23.9 Å². The number of rotatable bonds is 7. The van der Waals surface area contributed by atoms with Crippen LogP contribution in [0.1, 0.15) is 27.0 Å². The molecule has 0 fully saturated rings. The number of benzene rings is 1. The summed E-state index contributed by atoms with van der Waals surface area (Å²) in [5.41, 5.74) is 1.62. The van der Waals surface area contributed by atoms with Gasteiger partial charge in [0.05, 0.1) is 9.80 Å². The number of hydrogen-bond acceptors (Lipinski definition) is 5. The average molecular weight is 333 g/mol. The fraction of sp³-hybridized carbons (Fsp3) is 0.312. The van der Waals surface area contributed by atoms with E-state index >= 15 is 0 Å². The Kier molecular flexibility index (Phi) is 5.70. The minimum Gasteiger partial charge on any atom is -0.378 e. The van der Waals surface area contributed by atoms with Gasteiger partial charge in [-0.05, 0) is 31.0 Å². The van der Waals surface area contributed by atoms with Crippen LogP contribution >= 0.6 is 11.3 Å². The summed E-state index contributed by atoms with van der Waals surface area (Å²) in [5, 5.41) is 16.7. The molecule has 1 heterocycles. The van der Waals surface area contributed by atoms with Crippen molar-refractivity contribution in [2.75, 3.05) is 18.4 Å². The minimum atomic E-state index is -0.429. The number of nitrogens with one attached hydrogen (secondary N) is 2. The molecule has 2 rings (SSSR count). The molecule has 0 radical (unpaired) electrons. The first-order valence-electron chi connectivity index (χ1n) is 7.37. The lowest BCUT2D eigenvalue weighted by Crippen LogP contribution is -2.28. The van der Waals surface area contributed by atoms with Crippen molar-refractivity contribution in [3.05, 3.63) is 55.8 Å². The highest BCUT2D eigenvalue weighted by atomic mass is 32.1. The fourth-order valence-electron chi connectivity index (χ4n) is 2.23. The molecule has 0 aliphatic carbocycles. The van der Waals surface area contributed by atoms with Gasteiger partial charge in [0.2, 0.25) is 0 Å². The molecule has 0 atom stereocenters. The van der Waals surface area contributed by atoms with E-state index in [4.69, 9.17) is 0 Å². The fourth-order valence-corrected chi connectivity index (χ4v) is 3.26. The number of aryl methyl sites for hydroxylation is 2. The zero-order chi connectivity index (χ0) is 16.8. The molecule has 0 bridgehead atoms.